The normalized spacial score (nSPS) is 21.7. The van der Waals surface area contributed by atoms with E-state index in [1.165, 1.54) is 20.8 Å². The zero-order chi connectivity index (χ0) is 21.8. The number of halogens is 5. The van der Waals surface area contributed by atoms with Gasteiger partial charge in [-0.2, -0.15) is 0 Å². The van der Waals surface area contributed by atoms with Gasteiger partial charge in [-0.05, 0) is 19.1 Å². The monoisotopic (exact) mass is 446 g/mol. The van der Waals surface area contributed by atoms with Crippen molar-refractivity contribution >= 4 is 34.3 Å². The lowest BCUT2D eigenvalue weighted by Crippen LogP contribution is -2.61. The van der Waals surface area contributed by atoms with Crippen LogP contribution in [-0.4, -0.2) is 82.7 Å². The van der Waals surface area contributed by atoms with Crippen LogP contribution in [-0.2, 0) is 4.79 Å². The molecular formula is C19H19ClF4N4O2. The van der Waals surface area contributed by atoms with Crippen molar-refractivity contribution in [2.75, 3.05) is 39.3 Å². The third-order valence-corrected chi connectivity index (χ3v) is 5.89. The summed E-state index contributed by atoms with van der Waals surface area (Å²) < 4.78 is 54.3. The van der Waals surface area contributed by atoms with Crippen molar-refractivity contribution in [1.82, 2.24) is 19.7 Å². The summed E-state index contributed by atoms with van der Waals surface area (Å²) in [5, 5.41) is -0.590. The van der Waals surface area contributed by atoms with Crippen LogP contribution in [0.4, 0.5) is 17.6 Å². The SMILES string of the molecule is C[C@H]1CN(C(=O)CN2CC(F)(F)C2)CCN1C(=O)c1[nH]c2ccc(F)c(Cl)c2c1F. The molecular weight excluding hydrogens is 428 g/mol. The van der Waals surface area contributed by atoms with Crippen LogP contribution in [0.25, 0.3) is 10.9 Å². The van der Waals surface area contributed by atoms with E-state index in [1.54, 1.807) is 6.92 Å². The second-order valence-electron chi connectivity index (χ2n) is 7.79. The molecule has 3 heterocycles. The van der Waals surface area contributed by atoms with Gasteiger partial charge in [0.15, 0.2) is 5.82 Å². The Morgan fingerprint density at radius 3 is 2.57 bits per heavy atom. The Kier molecular flexibility index (Phi) is 5.17. The van der Waals surface area contributed by atoms with Crippen molar-refractivity contribution in [2.24, 2.45) is 0 Å². The van der Waals surface area contributed by atoms with Crippen molar-refractivity contribution in [1.29, 1.82) is 0 Å². The molecule has 0 bridgehead atoms. The number of amides is 2. The Morgan fingerprint density at radius 1 is 1.23 bits per heavy atom. The number of hydrogen-bond acceptors (Lipinski definition) is 3. The molecule has 1 N–H and O–H groups in total. The van der Waals surface area contributed by atoms with E-state index in [-0.39, 0.29) is 48.7 Å². The summed E-state index contributed by atoms with van der Waals surface area (Å²) in [6, 6.07) is 1.96. The quantitative estimate of drug-likeness (QED) is 0.738. The number of benzene rings is 1. The van der Waals surface area contributed by atoms with Crippen LogP contribution in [0, 0.1) is 11.6 Å². The van der Waals surface area contributed by atoms with Gasteiger partial charge < -0.3 is 14.8 Å². The van der Waals surface area contributed by atoms with Gasteiger partial charge >= 0.3 is 0 Å². The molecule has 1 aromatic carbocycles. The summed E-state index contributed by atoms with van der Waals surface area (Å²) in [6.45, 7) is 1.30. The molecule has 1 aromatic heterocycles. The number of carbonyl (C=O) groups is 2. The number of fused-ring (bicyclic) bond motifs is 1. The number of piperazine rings is 1. The van der Waals surface area contributed by atoms with Gasteiger partial charge in [0.2, 0.25) is 5.91 Å². The van der Waals surface area contributed by atoms with Gasteiger partial charge in [0.1, 0.15) is 11.5 Å². The van der Waals surface area contributed by atoms with Crippen LogP contribution in [0.1, 0.15) is 17.4 Å². The third kappa shape index (κ3) is 3.62. The zero-order valence-corrected chi connectivity index (χ0v) is 16.8. The maximum absolute atomic E-state index is 14.8. The number of carbonyl (C=O) groups excluding carboxylic acids is 2. The lowest BCUT2D eigenvalue weighted by molar-refractivity contribution is -0.152. The molecule has 2 amide bonds. The van der Waals surface area contributed by atoms with Crippen molar-refractivity contribution < 1.29 is 27.2 Å². The molecule has 0 unspecified atom stereocenters. The van der Waals surface area contributed by atoms with E-state index in [2.05, 4.69) is 4.98 Å². The summed E-state index contributed by atoms with van der Waals surface area (Å²) in [6.07, 6.45) is 0. The summed E-state index contributed by atoms with van der Waals surface area (Å²) >= 11 is 5.84. The van der Waals surface area contributed by atoms with Crippen LogP contribution >= 0.6 is 11.6 Å². The van der Waals surface area contributed by atoms with Gasteiger partial charge in [-0.15, -0.1) is 0 Å². The summed E-state index contributed by atoms with van der Waals surface area (Å²) in [5.41, 5.74) is -0.123. The first-order valence-electron chi connectivity index (χ1n) is 9.41. The number of alkyl halides is 2. The van der Waals surface area contributed by atoms with Crippen molar-refractivity contribution in [2.45, 2.75) is 18.9 Å². The van der Waals surface area contributed by atoms with E-state index in [0.717, 1.165) is 6.07 Å². The highest BCUT2D eigenvalue weighted by Gasteiger charge is 2.45. The highest BCUT2D eigenvalue weighted by molar-refractivity contribution is 6.35. The van der Waals surface area contributed by atoms with Crippen molar-refractivity contribution in [3.63, 3.8) is 0 Å². The Morgan fingerprint density at radius 2 is 1.93 bits per heavy atom. The number of hydrogen-bond donors (Lipinski definition) is 1. The fourth-order valence-electron chi connectivity index (χ4n) is 3.97. The lowest BCUT2D eigenvalue weighted by atomic mass is 10.1. The predicted octanol–water partition coefficient (Wildman–Crippen LogP) is 2.72. The number of likely N-dealkylation sites (tertiary alicyclic amines) is 1. The molecule has 0 spiro atoms. The first-order chi connectivity index (χ1) is 14.1. The predicted molar refractivity (Wildman–Crippen MR) is 102 cm³/mol. The molecule has 2 saturated heterocycles. The van der Waals surface area contributed by atoms with Gasteiger partial charge in [-0.3, -0.25) is 14.5 Å². The summed E-state index contributed by atoms with van der Waals surface area (Å²) in [7, 11) is 0. The number of nitrogens with zero attached hydrogens (tertiary/aromatic N) is 3. The average Bonchev–Trinajstić information content (AvgIpc) is 3.00. The third-order valence-electron chi connectivity index (χ3n) is 5.52. The molecule has 2 aliphatic heterocycles. The molecule has 0 aliphatic carbocycles. The maximum Gasteiger partial charge on any atom is 0.273 e. The first kappa shape index (κ1) is 20.9. The topological polar surface area (TPSA) is 59.7 Å². The molecule has 0 radical (unpaired) electrons. The summed E-state index contributed by atoms with van der Waals surface area (Å²) in [5.74, 6) is -5.37. The Balaban J connectivity index is 1.44. The molecule has 2 aromatic rings. The van der Waals surface area contributed by atoms with E-state index in [0.29, 0.717) is 0 Å². The largest absolute Gasteiger partial charge is 0.348 e. The van der Waals surface area contributed by atoms with Gasteiger partial charge in [0.25, 0.3) is 11.8 Å². The van der Waals surface area contributed by atoms with E-state index >= 15 is 0 Å². The second kappa shape index (κ2) is 7.42. The van der Waals surface area contributed by atoms with E-state index in [9.17, 15) is 27.2 Å². The Labute approximate surface area is 174 Å². The minimum absolute atomic E-state index is 0.100. The average molecular weight is 447 g/mol. The van der Waals surface area contributed by atoms with Gasteiger partial charge in [0, 0.05) is 25.7 Å². The number of H-pyrrole nitrogens is 1. The van der Waals surface area contributed by atoms with Crippen LogP contribution in [0.2, 0.25) is 5.02 Å². The molecule has 1 atom stereocenters. The lowest BCUT2D eigenvalue weighted by Gasteiger charge is -2.42. The molecule has 2 aliphatic rings. The number of nitrogens with one attached hydrogen (secondary N) is 1. The highest BCUT2D eigenvalue weighted by atomic mass is 35.5. The van der Waals surface area contributed by atoms with E-state index in [1.807, 2.05) is 0 Å². The molecule has 11 heteroatoms. The fraction of sp³-hybridized carbons (Fsp3) is 0.474. The van der Waals surface area contributed by atoms with Gasteiger partial charge in [-0.1, -0.05) is 11.6 Å². The number of aromatic nitrogens is 1. The van der Waals surface area contributed by atoms with Crippen LogP contribution < -0.4 is 0 Å². The Bertz CT molecular complexity index is 1020. The molecule has 6 nitrogen and oxygen atoms in total. The van der Waals surface area contributed by atoms with Gasteiger partial charge in [-0.25, -0.2) is 17.6 Å². The molecule has 2 fully saturated rings. The number of aromatic amines is 1. The van der Waals surface area contributed by atoms with E-state index in [4.69, 9.17) is 11.6 Å². The smallest absolute Gasteiger partial charge is 0.273 e. The molecule has 30 heavy (non-hydrogen) atoms. The first-order valence-corrected chi connectivity index (χ1v) is 9.79. The molecule has 4 rings (SSSR count). The van der Waals surface area contributed by atoms with Crippen LogP contribution in [0.3, 0.4) is 0 Å². The minimum atomic E-state index is -2.74. The number of rotatable bonds is 3. The van der Waals surface area contributed by atoms with Gasteiger partial charge in [0.05, 0.1) is 35.6 Å². The van der Waals surface area contributed by atoms with Crippen molar-refractivity contribution in [3.05, 3.63) is 34.5 Å². The Hall–Kier alpha value is -2.33. The molecule has 0 saturated carbocycles. The van der Waals surface area contributed by atoms with Crippen molar-refractivity contribution in [3.8, 4) is 0 Å². The molecule has 162 valence electrons. The highest BCUT2D eigenvalue weighted by Crippen LogP contribution is 2.31. The van der Waals surface area contributed by atoms with Crippen LogP contribution in [0.15, 0.2) is 12.1 Å². The second-order valence-corrected chi connectivity index (χ2v) is 8.16. The zero-order valence-electron chi connectivity index (χ0n) is 16.0. The maximum atomic E-state index is 14.8. The van der Waals surface area contributed by atoms with Crippen LogP contribution in [0.5, 0.6) is 0 Å². The minimum Gasteiger partial charge on any atom is -0.348 e. The standard InChI is InChI=1S/C19H19ClF4N4O2/c1-10-6-27(13(29)7-26-8-19(23,24)9-26)4-5-28(10)18(30)17-16(22)14-12(25-17)3-2-11(21)15(14)20/h2-3,10,25H,4-9H2,1H3/t10-/m0/s1. The fourth-order valence-corrected chi connectivity index (χ4v) is 4.22. The van der Waals surface area contributed by atoms with E-state index < -0.39 is 47.6 Å². The summed E-state index contributed by atoms with van der Waals surface area (Å²) in [4.78, 5) is 32.2.